The number of ether oxygens (including phenoxy) is 1. The molecule has 0 fully saturated rings. The van der Waals surface area contributed by atoms with Crippen LogP contribution in [0.3, 0.4) is 0 Å². The highest BCUT2D eigenvalue weighted by atomic mass is 79.9. The lowest BCUT2D eigenvalue weighted by molar-refractivity contribution is 0.112. The lowest BCUT2D eigenvalue weighted by Gasteiger charge is -2.10. The second-order valence-corrected chi connectivity index (χ2v) is 7.10. The molecule has 0 unspecified atom stereocenters. The van der Waals surface area contributed by atoms with Gasteiger partial charge < -0.3 is 4.74 Å². The molecule has 5 heteroatoms. The van der Waals surface area contributed by atoms with Crippen LogP contribution < -0.4 is 4.74 Å². The summed E-state index contributed by atoms with van der Waals surface area (Å²) in [5.41, 5.74) is 1.76. The van der Waals surface area contributed by atoms with Gasteiger partial charge in [0, 0.05) is 15.8 Å². The van der Waals surface area contributed by atoms with Crippen molar-refractivity contribution in [2.24, 2.45) is 0 Å². The zero-order valence-electron chi connectivity index (χ0n) is 10.8. The summed E-state index contributed by atoms with van der Waals surface area (Å²) in [5, 5.41) is 3.34. The van der Waals surface area contributed by atoms with Gasteiger partial charge in [-0.25, -0.2) is 0 Å². The monoisotopic (exact) mass is 424 g/mol. The second kappa shape index (κ2) is 6.30. The highest BCUT2D eigenvalue weighted by Gasteiger charge is 2.10. The van der Waals surface area contributed by atoms with Crippen molar-refractivity contribution in [1.29, 1.82) is 0 Å². The van der Waals surface area contributed by atoms with Gasteiger partial charge in [-0.3, -0.25) is 4.79 Å². The molecule has 2 nitrogen and oxygen atoms in total. The Morgan fingerprint density at radius 1 is 1.14 bits per heavy atom. The van der Waals surface area contributed by atoms with Crippen molar-refractivity contribution < 1.29 is 9.53 Å². The van der Waals surface area contributed by atoms with Crippen LogP contribution in [0.2, 0.25) is 0 Å². The van der Waals surface area contributed by atoms with Crippen LogP contribution in [0.15, 0.2) is 50.7 Å². The smallest absolute Gasteiger partial charge is 0.150 e. The summed E-state index contributed by atoms with van der Waals surface area (Å²) in [7, 11) is 0. The first-order chi connectivity index (χ1) is 10.2. The molecule has 0 spiro atoms. The van der Waals surface area contributed by atoms with Gasteiger partial charge in [0.25, 0.3) is 0 Å². The van der Waals surface area contributed by atoms with Crippen LogP contribution in [0.5, 0.6) is 5.75 Å². The van der Waals surface area contributed by atoms with Crippen LogP contribution in [0.1, 0.15) is 15.9 Å². The lowest BCUT2D eigenvalue weighted by atomic mass is 10.2. The molecule has 3 rings (SSSR count). The third-order valence-corrected chi connectivity index (χ3v) is 5.28. The number of hydrogen-bond donors (Lipinski definition) is 0. The van der Waals surface area contributed by atoms with Crippen LogP contribution >= 0.6 is 43.2 Å². The van der Waals surface area contributed by atoms with E-state index in [0.29, 0.717) is 17.9 Å². The third kappa shape index (κ3) is 3.05. The molecule has 0 saturated carbocycles. The molecule has 0 atom stereocenters. The van der Waals surface area contributed by atoms with E-state index in [0.717, 1.165) is 20.8 Å². The summed E-state index contributed by atoms with van der Waals surface area (Å²) in [6.45, 7) is 0.488. The van der Waals surface area contributed by atoms with Crippen molar-refractivity contribution >= 4 is 59.6 Å². The number of thiophene rings is 1. The van der Waals surface area contributed by atoms with Crippen LogP contribution in [0.4, 0.5) is 0 Å². The van der Waals surface area contributed by atoms with Crippen molar-refractivity contribution in [1.82, 2.24) is 0 Å². The number of fused-ring (bicyclic) bond motifs is 1. The van der Waals surface area contributed by atoms with Crippen molar-refractivity contribution in [3.63, 3.8) is 0 Å². The molecule has 0 aliphatic carbocycles. The van der Waals surface area contributed by atoms with E-state index in [-0.39, 0.29) is 0 Å². The van der Waals surface area contributed by atoms with E-state index in [1.54, 1.807) is 23.5 Å². The fourth-order valence-electron chi connectivity index (χ4n) is 2.08. The minimum Gasteiger partial charge on any atom is -0.486 e. The van der Waals surface area contributed by atoms with Crippen LogP contribution in [0.25, 0.3) is 10.1 Å². The Kier molecular flexibility index (Phi) is 4.42. The van der Waals surface area contributed by atoms with Crippen molar-refractivity contribution in [2.45, 2.75) is 6.61 Å². The molecular formula is C16H10Br2O2S. The second-order valence-electron chi connectivity index (χ2n) is 4.48. The molecule has 2 aromatic carbocycles. The van der Waals surface area contributed by atoms with Gasteiger partial charge >= 0.3 is 0 Å². The maximum absolute atomic E-state index is 10.8. The standard InChI is InChI=1S/C16H10Br2O2S/c17-13-5-10(7-19)6-14(18)16(13)20-8-11-9-21-15-4-2-1-3-12(11)15/h1-7,9H,8H2. The highest BCUT2D eigenvalue weighted by molar-refractivity contribution is 9.11. The van der Waals surface area contributed by atoms with E-state index in [1.807, 2.05) is 12.1 Å². The lowest BCUT2D eigenvalue weighted by Crippen LogP contribution is -1.97. The maximum Gasteiger partial charge on any atom is 0.150 e. The molecular weight excluding hydrogens is 416 g/mol. The topological polar surface area (TPSA) is 26.3 Å². The summed E-state index contributed by atoms with van der Waals surface area (Å²) >= 11 is 8.60. The molecule has 3 aromatic rings. The van der Waals surface area contributed by atoms with Gasteiger partial charge in [0.05, 0.1) is 8.95 Å². The Morgan fingerprint density at radius 2 is 1.86 bits per heavy atom. The minimum atomic E-state index is 0.488. The van der Waals surface area contributed by atoms with Gasteiger partial charge in [-0.05, 0) is 60.8 Å². The molecule has 0 aliphatic heterocycles. The van der Waals surface area contributed by atoms with E-state index >= 15 is 0 Å². The number of aldehydes is 1. The molecule has 106 valence electrons. The van der Waals surface area contributed by atoms with E-state index < -0.39 is 0 Å². The Labute approximate surface area is 143 Å². The minimum absolute atomic E-state index is 0.488. The number of carbonyl (C=O) groups excluding carboxylic acids is 1. The average Bonchev–Trinajstić information content (AvgIpc) is 2.89. The van der Waals surface area contributed by atoms with Crippen molar-refractivity contribution in [2.75, 3.05) is 0 Å². The SMILES string of the molecule is O=Cc1cc(Br)c(OCc2csc3ccccc23)c(Br)c1. The molecule has 0 bridgehead atoms. The predicted molar refractivity (Wildman–Crippen MR) is 93.4 cm³/mol. The quantitative estimate of drug-likeness (QED) is 0.492. The number of rotatable bonds is 4. The zero-order valence-corrected chi connectivity index (χ0v) is 14.8. The van der Waals surface area contributed by atoms with Gasteiger partial charge in [0.2, 0.25) is 0 Å². The first kappa shape index (κ1) is 14.8. The Hall–Kier alpha value is -1.17. The first-order valence-corrected chi connectivity index (χ1v) is 8.67. The number of halogens is 2. The van der Waals surface area contributed by atoms with Gasteiger partial charge in [0.1, 0.15) is 18.6 Å². The first-order valence-electron chi connectivity index (χ1n) is 6.21. The van der Waals surface area contributed by atoms with E-state index in [1.165, 1.54) is 10.1 Å². The number of benzene rings is 2. The third-order valence-electron chi connectivity index (χ3n) is 3.09. The molecule has 21 heavy (non-hydrogen) atoms. The van der Waals surface area contributed by atoms with E-state index in [2.05, 4.69) is 49.4 Å². The molecule has 1 heterocycles. The van der Waals surface area contributed by atoms with Crippen molar-refractivity contribution in [3.05, 3.63) is 61.9 Å². The zero-order chi connectivity index (χ0) is 14.8. The van der Waals surface area contributed by atoms with Crippen LogP contribution in [0, 0.1) is 0 Å². The molecule has 0 saturated heterocycles. The van der Waals surface area contributed by atoms with Crippen LogP contribution in [-0.4, -0.2) is 6.29 Å². The highest BCUT2D eigenvalue weighted by Crippen LogP contribution is 2.36. The Bertz CT molecular complexity index is 788. The largest absolute Gasteiger partial charge is 0.486 e. The molecule has 0 radical (unpaired) electrons. The van der Waals surface area contributed by atoms with Gasteiger partial charge in [-0.15, -0.1) is 11.3 Å². The van der Waals surface area contributed by atoms with Gasteiger partial charge in [0.15, 0.2) is 0 Å². The molecule has 0 N–H and O–H groups in total. The fraction of sp³-hybridized carbons (Fsp3) is 0.0625. The summed E-state index contributed by atoms with van der Waals surface area (Å²) in [6.07, 6.45) is 0.811. The fourth-order valence-corrected chi connectivity index (χ4v) is 4.48. The number of carbonyl (C=O) groups is 1. The van der Waals surface area contributed by atoms with E-state index in [4.69, 9.17) is 4.74 Å². The predicted octanol–water partition coefficient (Wildman–Crippen LogP) is 5.82. The number of hydrogen-bond acceptors (Lipinski definition) is 3. The van der Waals surface area contributed by atoms with E-state index in [9.17, 15) is 4.79 Å². The summed E-state index contributed by atoms with van der Waals surface area (Å²) in [6, 6.07) is 11.8. The summed E-state index contributed by atoms with van der Waals surface area (Å²) in [4.78, 5) is 10.8. The molecule has 1 aromatic heterocycles. The summed E-state index contributed by atoms with van der Waals surface area (Å²) in [5.74, 6) is 0.705. The van der Waals surface area contributed by atoms with Gasteiger partial charge in [-0.2, -0.15) is 0 Å². The summed E-state index contributed by atoms with van der Waals surface area (Å²) < 4.78 is 8.70. The van der Waals surface area contributed by atoms with Crippen molar-refractivity contribution in [3.8, 4) is 5.75 Å². The van der Waals surface area contributed by atoms with Crippen LogP contribution in [-0.2, 0) is 6.61 Å². The normalized spacial score (nSPS) is 10.8. The molecule has 0 aliphatic rings. The Balaban J connectivity index is 1.86. The molecule has 0 amide bonds. The maximum atomic E-state index is 10.8. The average molecular weight is 426 g/mol. The Morgan fingerprint density at radius 3 is 2.57 bits per heavy atom. The van der Waals surface area contributed by atoms with Gasteiger partial charge in [-0.1, -0.05) is 18.2 Å².